The molecule has 27 heavy (non-hydrogen) atoms. The van der Waals surface area contributed by atoms with E-state index in [4.69, 9.17) is 0 Å². The quantitative estimate of drug-likeness (QED) is 0.704. The van der Waals surface area contributed by atoms with Crippen LogP contribution in [0.25, 0.3) is 0 Å². The van der Waals surface area contributed by atoms with Gasteiger partial charge in [0.15, 0.2) is 0 Å². The van der Waals surface area contributed by atoms with E-state index in [1.807, 2.05) is 48.3 Å². The number of nitrogens with one attached hydrogen (secondary N) is 1. The Hall–Kier alpha value is -2.97. The third-order valence-corrected chi connectivity index (χ3v) is 5.81. The number of aromatic nitrogens is 2. The Kier molecular flexibility index (Phi) is 5.38. The molecule has 1 N–H and O–H groups in total. The highest BCUT2D eigenvalue weighted by molar-refractivity contribution is 7.89. The van der Waals surface area contributed by atoms with Crippen molar-refractivity contribution in [3.8, 4) is 0 Å². The molecule has 0 bridgehead atoms. The number of hydrogen-bond acceptors (Lipinski definition) is 6. The Morgan fingerprint density at radius 1 is 0.926 bits per heavy atom. The Morgan fingerprint density at radius 3 is 2.37 bits per heavy atom. The lowest BCUT2D eigenvalue weighted by Gasteiger charge is -2.18. The molecule has 8 heteroatoms. The number of rotatable bonds is 6. The fourth-order valence-electron chi connectivity index (χ4n) is 2.45. The number of benzene rings is 2. The van der Waals surface area contributed by atoms with Crippen molar-refractivity contribution in [3.63, 3.8) is 0 Å². The van der Waals surface area contributed by atoms with Crippen LogP contribution in [0.3, 0.4) is 0 Å². The van der Waals surface area contributed by atoms with Crippen molar-refractivity contribution in [1.82, 2.24) is 14.3 Å². The van der Waals surface area contributed by atoms with E-state index in [0.717, 1.165) is 11.5 Å². The topological polar surface area (TPSA) is 78.4 Å². The zero-order valence-corrected chi connectivity index (χ0v) is 16.2. The van der Waals surface area contributed by atoms with Gasteiger partial charge in [-0.3, -0.25) is 0 Å². The van der Waals surface area contributed by atoms with Crippen molar-refractivity contribution in [2.75, 3.05) is 31.4 Å². The second-order valence-corrected chi connectivity index (χ2v) is 8.23. The third-order valence-electron chi connectivity index (χ3n) is 4.00. The molecule has 0 aliphatic carbocycles. The van der Waals surface area contributed by atoms with Gasteiger partial charge in [-0.15, -0.1) is 0 Å². The van der Waals surface area contributed by atoms with Crippen LogP contribution in [0.4, 0.5) is 23.1 Å². The van der Waals surface area contributed by atoms with E-state index in [1.54, 1.807) is 30.5 Å². The number of nitrogens with zero attached hydrogens (tertiary/aromatic N) is 4. The van der Waals surface area contributed by atoms with Gasteiger partial charge in [0, 0.05) is 38.7 Å². The Labute approximate surface area is 159 Å². The molecule has 3 rings (SSSR count). The molecule has 0 aliphatic rings. The summed E-state index contributed by atoms with van der Waals surface area (Å²) >= 11 is 0. The molecule has 0 aliphatic heterocycles. The summed E-state index contributed by atoms with van der Waals surface area (Å²) in [6, 6.07) is 18.2. The van der Waals surface area contributed by atoms with E-state index >= 15 is 0 Å². The molecule has 0 spiro atoms. The van der Waals surface area contributed by atoms with E-state index < -0.39 is 10.0 Å². The molecule has 0 unspecified atom stereocenters. The highest BCUT2D eigenvalue weighted by atomic mass is 32.2. The highest BCUT2D eigenvalue weighted by Gasteiger charge is 2.17. The molecular formula is C19H21N5O2S. The van der Waals surface area contributed by atoms with Gasteiger partial charge < -0.3 is 10.2 Å². The maximum atomic E-state index is 12.3. The molecular weight excluding hydrogens is 362 g/mol. The summed E-state index contributed by atoms with van der Waals surface area (Å²) in [4.78, 5) is 10.9. The van der Waals surface area contributed by atoms with Crippen LogP contribution in [0.2, 0.25) is 0 Å². The van der Waals surface area contributed by atoms with E-state index in [2.05, 4.69) is 15.3 Å². The monoisotopic (exact) mass is 383 g/mol. The van der Waals surface area contributed by atoms with Crippen LogP contribution in [-0.4, -0.2) is 43.8 Å². The minimum Gasteiger partial charge on any atom is -0.329 e. The van der Waals surface area contributed by atoms with Crippen molar-refractivity contribution < 1.29 is 8.42 Å². The fourth-order valence-corrected chi connectivity index (χ4v) is 3.40. The lowest BCUT2D eigenvalue weighted by atomic mass is 10.3. The first-order chi connectivity index (χ1) is 12.9. The summed E-state index contributed by atoms with van der Waals surface area (Å²) in [6.45, 7) is 0. The molecule has 0 saturated heterocycles. The van der Waals surface area contributed by atoms with Crippen LogP contribution < -0.4 is 10.2 Å². The average Bonchev–Trinajstić information content (AvgIpc) is 2.68. The van der Waals surface area contributed by atoms with Gasteiger partial charge >= 0.3 is 0 Å². The van der Waals surface area contributed by atoms with E-state index in [-0.39, 0.29) is 4.90 Å². The number of anilines is 4. The zero-order valence-electron chi connectivity index (χ0n) is 15.4. The van der Waals surface area contributed by atoms with Crippen LogP contribution in [0.15, 0.2) is 71.8 Å². The number of para-hydroxylation sites is 1. The predicted molar refractivity (Wildman–Crippen MR) is 107 cm³/mol. The Balaban J connectivity index is 1.85. The predicted octanol–water partition coefficient (Wildman–Crippen LogP) is 3.24. The zero-order chi connectivity index (χ0) is 19.4. The maximum absolute atomic E-state index is 12.3. The van der Waals surface area contributed by atoms with Gasteiger partial charge in [0.2, 0.25) is 16.0 Å². The number of sulfonamides is 1. The van der Waals surface area contributed by atoms with Crippen molar-refractivity contribution >= 4 is 33.2 Å². The van der Waals surface area contributed by atoms with Crippen LogP contribution in [-0.2, 0) is 10.0 Å². The first-order valence-electron chi connectivity index (χ1n) is 8.29. The summed E-state index contributed by atoms with van der Waals surface area (Å²) in [7, 11) is 1.42. The first-order valence-corrected chi connectivity index (χ1v) is 9.73. The molecule has 2 aromatic carbocycles. The summed E-state index contributed by atoms with van der Waals surface area (Å²) in [5.41, 5.74) is 1.60. The molecule has 0 atom stereocenters. The molecule has 0 radical (unpaired) electrons. The molecule has 3 aromatic rings. The molecule has 0 fully saturated rings. The first kappa shape index (κ1) is 18.8. The van der Waals surface area contributed by atoms with Crippen LogP contribution in [0.1, 0.15) is 0 Å². The van der Waals surface area contributed by atoms with Crippen molar-refractivity contribution in [3.05, 3.63) is 66.9 Å². The van der Waals surface area contributed by atoms with E-state index in [9.17, 15) is 8.42 Å². The van der Waals surface area contributed by atoms with Crippen molar-refractivity contribution in [1.29, 1.82) is 0 Å². The van der Waals surface area contributed by atoms with Crippen LogP contribution in [0.5, 0.6) is 0 Å². The average molecular weight is 383 g/mol. The lowest BCUT2D eigenvalue weighted by Crippen LogP contribution is -2.22. The van der Waals surface area contributed by atoms with Gasteiger partial charge in [0.1, 0.15) is 5.82 Å². The second-order valence-electron chi connectivity index (χ2n) is 6.07. The SMILES string of the molecule is CN(c1ccccc1)c1ccnc(Nc2cccc(S(=O)(=O)N(C)C)c2)n1. The maximum Gasteiger partial charge on any atom is 0.242 e. The van der Waals surface area contributed by atoms with Gasteiger partial charge in [-0.25, -0.2) is 17.7 Å². The second kappa shape index (κ2) is 7.73. The third kappa shape index (κ3) is 4.24. The minimum absolute atomic E-state index is 0.204. The van der Waals surface area contributed by atoms with E-state index in [1.165, 1.54) is 18.4 Å². The molecule has 7 nitrogen and oxygen atoms in total. The molecule has 0 saturated carbocycles. The summed E-state index contributed by atoms with van der Waals surface area (Å²) in [6.07, 6.45) is 1.66. The normalized spacial score (nSPS) is 11.4. The van der Waals surface area contributed by atoms with Crippen molar-refractivity contribution in [2.45, 2.75) is 4.90 Å². The van der Waals surface area contributed by atoms with Gasteiger partial charge in [0.25, 0.3) is 0 Å². The Morgan fingerprint density at radius 2 is 1.67 bits per heavy atom. The smallest absolute Gasteiger partial charge is 0.242 e. The van der Waals surface area contributed by atoms with Crippen molar-refractivity contribution in [2.24, 2.45) is 0 Å². The summed E-state index contributed by atoms with van der Waals surface area (Å²) < 4.78 is 25.8. The van der Waals surface area contributed by atoms with Gasteiger partial charge in [-0.05, 0) is 36.4 Å². The number of hydrogen-bond donors (Lipinski definition) is 1. The Bertz CT molecular complexity index is 1020. The van der Waals surface area contributed by atoms with Crippen LogP contribution >= 0.6 is 0 Å². The largest absolute Gasteiger partial charge is 0.329 e. The van der Waals surface area contributed by atoms with E-state index in [0.29, 0.717) is 11.6 Å². The molecule has 140 valence electrons. The summed E-state index contributed by atoms with van der Waals surface area (Å²) in [5.74, 6) is 1.10. The lowest BCUT2D eigenvalue weighted by molar-refractivity contribution is 0.521. The van der Waals surface area contributed by atoms with Crippen LogP contribution in [0, 0.1) is 0 Å². The summed E-state index contributed by atoms with van der Waals surface area (Å²) in [5, 5.41) is 3.07. The minimum atomic E-state index is -3.51. The standard InChI is InChI=1S/C19H21N5O2S/c1-23(2)27(25,26)17-11-7-8-15(14-17)21-19-20-13-12-18(22-19)24(3)16-9-5-4-6-10-16/h4-14H,1-3H3,(H,20,21,22). The highest BCUT2D eigenvalue weighted by Crippen LogP contribution is 2.24. The molecule has 1 aromatic heterocycles. The van der Waals surface area contributed by atoms with Gasteiger partial charge in [-0.2, -0.15) is 4.98 Å². The molecule has 0 amide bonds. The van der Waals surface area contributed by atoms with Gasteiger partial charge in [0.05, 0.1) is 4.90 Å². The van der Waals surface area contributed by atoms with Gasteiger partial charge in [-0.1, -0.05) is 24.3 Å². The molecule has 1 heterocycles. The fraction of sp³-hybridized carbons (Fsp3) is 0.158.